The first-order valence-corrected chi connectivity index (χ1v) is 7.51. The van der Waals surface area contributed by atoms with Crippen LogP contribution in [0.1, 0.15) is 33.2 Å². The SMILES string of the molecule is Cc1c([C@@H](O)CN2CC3C(N)C3C2)ccc2c1COC2=O. The van der Waals surface area contributed by atoms with Crippen LogP contribution < -0.4 is 5.73 Å². The second-order valence-electron chi connectivity index (χ2n) is 6.52. The van der Waals surface area contributed by atoms with Crippen molar-refractivity contribution in [3.63, 3.8) is 0 Å². The molecule has 21 heavy (non-hydrogen) atoms. The molecule has 5 heteroatoms. The van der Waals surface area contributed by atoms with Gasteiger partial charge in [-0.2, -0.15) is 0 Å². The first kappa shape index (κ1) is 13.2. The molecule has 1 saturated carbocycles. The summed E-state index contributed by atoms with van der Waals surface area (Å²) in [6.45, 7) is 4.90. The Bertz CT molecular complexity index is 604. The Kier molecular flexibility index (Phi) is 2.86. The second kappa shape index (κ2) is 4.53. The maximum Gasteiger partial charge on any atom is 0.338 e. The molecule has 2 aliphatic heterocycles. The van der Waals surface area contributed by atoms with E-state index in [1.807, 2.05) is 13.0 Å². The monoisotopic (exact) mass is 288 g/mol. The molecule has 3 atom stereocenters. The van der Waals surface area contributed by atoms with Crippen molar-refractivity contribution in [2.75, 3.05) is 19.6 Å². The maximum absolute atomic E-state index is 11.5. The fourth-order valence-electron chi connectivity index (χ4n) is 3.88. The van der Waals surface area contributed by atoms with E-state index in [0.29, 0.717) is 36.6 Å². The summed E-state index contributed by atoms with van der Waals surface area (Å²) in [6, 6.07) is 4.00. The Morgan fingerprint density at radius 1 is 1.43 bits per heavy atom. The van der Waals surface area contributed by atoms with Crippen molar-refractivity contribution >= 4 is 5.97 Å². The lowest BCUT2D eigenvalue weighted by Gasteiger charge is -2.23. The van der Waals surface area contributed by atoms with E-state index in [1.54, 1.807) is 6.07 Å². The molecule has 2 unspecified atom stereocenters. The van der Waals surface area contributed by atoms with Gasteiger partial charge in [0.15, 0.2) is 0 Å². The molecular weight excluding hydrogens is 268 g/mol. The molecule has 0 spiro atoms. The molecule has 1 aliphatic carbocycles. The number of hydrogen-bond acceptors (Lipinski definition) is 5. The summed E-state index contributed by atoms with van der Waals surface area (Å²) in [5.74, 6) is 0.997. The third-order valence-corrected chi connectivity index (χ3v) is 5.33. The van der Waals surface area contributed by atoms with Gasteiger partial charge in [-0.1, -0.05) is 6.07 Å². The number of benzene rings is 1. The number of fused-ring (bicyclic) bond motifs is 2. The number of nitrogens with two attached hydrogens (primary N) is 1. The fourth-order valence-corrected chi connectivity index (χ4v) is 3.88. The highest BCUT2D eigenvalue weighted by Crippen LogP contribution is 2.44. The molecule has 0 radical (unpaired) electrons. The molecule has 1 saturated heterocycles. The molecule has 0 aromatic heterocycles. The highest BCUT2D eigenvalue weighted by atomic mass is 16.5. The van der Waals surface area contributed by atoms with Gasteiger partial charge in [0, 0.05) is 31.2 Å². The summed E-state index contributed by atoms with van der Waals surface area (Å²) in [4.78, 5) is 13.8. The van der Waals surface area contributed by atoms with E-state index >= 15 is 0 Å². The number of piperidine rings is 1. The Balaban J connectivity index is 1.50. The maximum atomic E-state index is 11.5. The van der Waals surface area contributed by atoms with Crippen LogP contribution in [0.2, 0.25) is 0 Å². The summed E-state index contributed by atoms with van der Waals surface area (Å²) in [5, 5.41) is 10.5. The lowest BCUT2D eigenvalue weighted by atomic mass is 9.95. The number of nitrogens with zero attached hydrogens (tertiary/aromatic N) is 1. The number of cyclic esters (lactones) is 1. The predicted octanol–water partition coefficient (Wildman–Crippen LogP) is 0.588. The van der Waals surface area contributed by atoms with E-state index in [4.69, 9.17) is 10.5 Å². The minimum atomic E-state index is -0.528. The van der Waals surface area contributed by atoms with E-state index in [-0.39, 0.29) is 5.97 Å². The summed E-state index contributed by atoms with van der Waals surface area (Å²) in [7, 11) is 0. The Morgan fingerprint density at radius 2 is 2.14 bits per heavy atom. The van der Waals surface area contributed by atoms with Crippen molar-refractivity contribution < 1.29 is 14.6 Å². The van der Waals surface area contributed by atoms with E-state index in [2.05, 4.69) is 4.90 Å². The lowest BCUT2D eigenvalue weighted by molar-refractivity contribution is 0.0535. The molecule has 2 fully saturated rings. The largest absolute Gasteiger partial charge is 0.457 e. The Morgan fingerprint density at radius 3 is 2.86 bits per heavy atom. The van der Waals surface area contributed by atoms with Crippen molar-refractivity contribution in [2.45, 2.75) is 25.7 Å². The van der Waals surface area contributed by atoms with Crippen LogP contribution in [0.25, 0.3) is 0 Å². The van der Waals surface area contributed by atoms with Gasteiger partial charge in [-0.05, 0) is 36.0 Å². The average molecular weight is 288 g/mol. The zero-order chi connectivity index (χ0) is 14.7. The van der Waals surface area contributed by atoms with Crippen molar-refractivity contribution in [3.8, 4) is 0 Å². The second-order valence-corrected chi connectivity index (χ2v) is 6.52. The minimum absolute atomic E-state index is 0.261. The molecule has 1 aromatic rings. The molecule has 5 nitrogen and oxygen atoms in total. The van der Waals surface area contributed by atoms with Crippen molar-refractivity contribution in [2.24, 2.45) is 17.6 Å². The fraction of sp³-hybridized carbons (Fsp3) is 0.562. The number of ether oxygens (including phenoxy) is 1. The van der Waals surface area contributed by atoms with Crippen LogP contribution in [0.5, 0.6) is 0 Å². The van der Waals surface area contributed by atoms with Gasteiger partial charge < -0.3 is 15.6 Å². The van der Waals surface area contributed by atoms with Gasteiger partial charge >= 0.3 is 5.97 Å². The van der Waals surface area contributed by atoms with Crippen molar-refractivity contribution in [3.05, 3.63) is 34.4 Å². The normalized spacial score (nSPS) is 31.8. The molecule has 0 bridgehead atoms. The van der Waals surface area contributed by atoms with Gasteiger partial charge in [0.2, 0.25) is 0 Å². The number of carbonyl (C=O) groups is 1. The van der Waals surface area contributed by atoms with Crippen LogP contribution in [0.3, 0.4) is 0 Å². The van der Waals surface area contributed by atoms with Gasteiger partial charge in [0.05, 0.1) is 11.7 Å². The molecular formula is C16H20N2O3. The van der Waals surface area contributed by atoms with E-state index < -0.39 is 6.10 Å². The summed E-state index contributed by atoms with van der Waals surface area (Å²) < 4.78 is 5.06. The average Bonchev–Trinajstić information content (AvgIpc) is 2.85. The predicted molar refractivity (Wildman–Crippen MR) is 76.7 cm³/mol. The van der Waals surface area contributed by atoms with Crippen LogP contribution in [-0.4, -0.2) is 41.7 Å². The molecule has 4 rings (SSSR count). The first-order chi connectivity index (χ1) is 10.1. The van der Waals surface area contributed by atoms with Gasteiger partial charge in [0.25, 0.3) is 0 Å². The van der Waals surface area contributed by atoms with Crippen LogP contribution in [0, 0.1) is 18.8 Å². The third kappa shape index (κ3) is 1.99. The van der Waals surface area contributed by atoms with Crippen molar-refractivity contribution in [1.82, 2.24) is 4.90 Å². The van der Waals surface area contributed by atoms with Gasteiger partial charge in [-0.25, -0.2) is 4.79 Å². The topological polar surface area (TPSA) is 75.8 Å². The lowest BCUT2D eigenvalue weighted by Crippen LogP contribution is -2.32. The summed E-state index contributed by atoms with van der Waals surface area (Å²) in [6.07, 6.45) is -0.528. The standard InChI is InChI=1S/C16H20N2O3/c1-8-9(2-3-10-13(8)7-21-16(10)20)14(19)6-18-4-11-12(5-18)15(11)17/h2-3,11-12,14-15,19H,4-7,17H2,1H3/t11?,12?,14-,15?/m0/s1. The van der Waals surface area contributed by atoms with Crippen LogP contribution in [-0.2, 0) is 11.3 Å². The van der Waals surface area contributed by atoms with E-state index in [1.165, 1.54) is 0 Å². The quantitative estimate of drug-likeness (QED) is 0.796. The Hall–Kier alpha value is -1.43. The van der Waals surface area contributed by atoms with Gasteiger partial charge in [-0.15, -0.1) is 0 Å². The minimum Gasteiger partial charge on any atom is -0.457 e. The third-order valence-electron chi connectivity index (χ3n) is 5.33. The Labute approximate surface area is 123 Å². The number of aliphatic hydroxyl groups excluding tert-OH is 1. The van der Waals surface area contributed by atoms with Gasteiger partial charge in [0.1, 0.15) is 6.61 Å². The molecule has 0 amide bonds. The number of β-amino-alcohol motifs (C(OH)–C–C–N with tert-alkyl or cyclic N) is 1. The van der Waals surface area contributed by atoms with Gasteiger partial charge in [-0.3, -0.25) is 4.90 Å². The number of likely N-dealkylation sites (tertiary alicyclic amines) is 1. The number of carbonyl (C=O) groups excluding carboxylic acids is 1. The number of rotatable bonds is 3. The summed E-state index contributed by atoms with van der Waals surface area (Å²) in [5.41, 5.74) is 9.37. The van der Waals surface area contributed by atoms with Crippen LogP contribution in [0.15, 0.2) is 12.1 Å². The van der Waals surface area contributed by atoms with Crippen LogP contribution in [0.4, 0.5) is 0 Å². The zero-order valence-electron chi connectivity index (χ0n) is 12.1. The molecule has 3 aliphatic rings. The highest BCUT2D eigenvalue weighted by molar-refractivity contribution is 5.93. The number of aliphatic hydroxyl groups is 1. The molecule has 112 valence electrons. The molecule has 1 aromatic carbocycles. The van der Waals surface area contributed by atoms with Crippen molar-refractivity contribution in [1.29, 1.82) is 0 Å². The highest BCUT2D eigenvalue weighted by Gasteiger charge is 2.53. The first-order valence-electron chi connectivity index (χ1n) is 7.51. The zero-order valence-corrected chi connectivity index (χ0v) is 12.1. The van der Waals surface area contributed by atoms with Crippen LogP contribution >= 0.6 is 0 Å². The number of hydrogen-bond donors (Lipinski definition) is 2. The molecule has 2 heterocycles. The van der Waals surface area contributed by atoms with E-state index in [0.717, 1.165) is 29.8 Å². The summed E-state index contributed by atoms with van der Waals surface area (Å²) >= 11 is 0. The number of esters is 1. The van der Waals surface area contributed by atoms with E-state index in [9.17, 15) is 9.90 Å². The molecule has 3 N–H and O–H groups in total. The smallest absolute Gasteiger partial charge is 0.338 e.